The summed E-state index contributed by atoms with van der Waals surface area (Å²) in [6.07, 6.45) is 4.41. The van der Waals surface area contributed by atoms with Crippen molar-refractivity contribution < 1.29 is 4.79 Å². The molecule has 1 aliphatic rings. The maximum absolute atomic E-state index is 11.1. The molecule has 0 atom stereocenters. The molecular formula is C12H17N5O. The van der Waals surface area contributed by atoms with Crippen LogP contribution in [0.4, 0.5) is 11.8 Å². The van der Waals surface area contributed by atoms with E-state index < -0.39 is 0 Å². The number of ketones is 1. The number of nitrogens with zero attached hydrogens (tertiary/aromatic N) is 2. The van der Waals surface area contributed by atoms with Gasteiger partial charge in [0.1, 0.15) is 11.6 Å². The van der Waals surface area contributed by atoms with Crippen LogP contribution < -0.4 is 16.8 Å². The van der Waals surface area contributed by atoms with E-state index in [1.165, 1.54) is 0 Å². The molecule has 1 aliphatic carbocycles. The van der Waals surface area contributed by atoms with Gasteiger partial charge in [-0.2, -0.15) is 4.98 Å². The Kier molecular flexibility index (Phi) is 3.45. The van der Waals surface area contributed by atoms with Crippen LogP contribution in [0.3, 0.4) is 0 Å². The standard InChI is InChI=1S/C12H17N5O/c1-7(13)10-6-15-12(17-11(10)14)16-8-2-4-9(18)5-3-8/h6,8H,1-5,13H2,(H3,14,15,16,17). The molecule has 96 valence electrons. The summed E-state index contributed by atoms with van der Waals surface area (Å²) in [6.45, 7) is 3.60. The summed E-state index contributed by atoms with van der Waals surface area (Å²) in [5.74, 6) is 1.10. The van der Waals surface area contributed by atoms with Gasteiger partial charge in [-0.1, -0.05) is 6.58 Å². The quantitative estimate of drug-likeness (QED) is 0.733. The highest BCUT2D eigenvalue weighted by atomic mass is 16.1. The van der Waals surface area contributed by atoms with E-state index in [0.717, 1.165) is 12.8 Å². The fourth-order valence-electron chi connectivity index (χ4n) is 1.98. The van der Waals surface area contributed by atoms with E-state index in [9.17, 15) is 4.79 Å². The minimum absolute atomic E-state index is 0.231. The van der Waals surface area contributed by atoms with E-state index in [4.69, 9.17) is 11.5 Å². The monoisotopic (exact) mass is 247 g/mol. The van der Waals surface area contributed by atoms with Crippen LogP contribution in [0, 0.1) is 0 Å². The van der Waals surface area contributed by atoms with Crippen molar-refractivity contribution in [2.45, 2.75) is 31.7 Å². The molecule has 1 saturated carbocycles. The largest absolute Gasteiger partial charge is 0.399 e. The summed E-state index contributed by atoms with van der Waals surface area (Å²) in [4.78, 5) is 19.4. The minimum Gasteiger partial charge on any atom is -0.399 e. The van der Waals surface area contributed by atoms with Gasteiger partial charge in [0.05, 0.1) is 5.56 Å². The van der Waals surface area contributed by atoms with Gasteiger partial charge in [-0.05, 0) is 12.8 Å². The molecule has 0 radical (unpaired) electrons. The molecule has 0 bridgehead atoms. The fourth-order valence-corrected chi connectivity index (χ4v) is 1.98. The highest BCUT2D eigenvalue weighted by molar-refractivity contribution is 5.79. The molecular weight excluding hydrogens is 230 g/mol. The lowest BCUT2D eigenvalue weighted by atomic mass is 9.94. The van der Waals surface area contributed by atoms with Crippen molar-refractivity contribution in [1.29, 1.82) is 0 Å². The van der Waals surface area contributed by atoms with Crippen molar-refractivity contribution >= 4 is 23.2 Å². The molecule has 2 rings (SSSR count). The average molecular weight is 247 g/mol. The van der Waals surface area contributed by atoms with Crippen molar-refractivity contribution in [3.63, 3.8) is 0 Å². The Bertz CT molecular complexity index is 475. The molecule has 0 unspecified atom stereocenters. The van der Waals surface area contributed by atoms with E-state index in [1.807, 2.05) is 0 Å². The summed E-state index contributed by atoms with van der Waals surface area (Å²) >= 11 is 0. The molecule has 1 aromatic rings. The van der Waals surface area contributed by atoms with Gasteiger partial charge in [0.2, 0.25) is 5.95 Å². The lowest BCUT2D eigenvalue weighted by Gasteiger charge is -2.22. The smallest absolute Gasteiger partial charge is 0.224 e. The molecule has 0 spiro atoms. The second-order valence-electron chi connectivity index (χ2n) is 4.48. The number of nitrogens with one attached hydrogen (secondary N) is 1. The number of rotatable bonds is 3. The first-order valence-electron chi connectivity index (χ1n) is 5.92. The Labute approximate surface area is 105 Å². The number of carbonyl (C=O) groups excluding carboxylic acids is 1. The molecule has 0 aromatic carbocycles. The first-order valence-corrected chi connectivity index (χ1v) is 5.92. The van der Waals surface area contributed by atoms with Crippen LogP contribution in [-0.2, 0) is 4.79 Å². The molecule has 1 heterocycles. The second-order valence-corrected chi connectivity index (χ2v) is 4.48. The third-order valence-corrected chi connectivity index (χ3v) is 3.04. The minimum atomic E-state index is 0.231. The average Bonchev–Trinajstić information content (AvgIpc) is 2.32. The van der Waals surface area contributed by atoms with E-state index in [0.29, 0.717) is 41.7 Å². The van der Waals surface area contributed by atoms with Gasteiger partial charge in [-0.15, -0.1) is 0 Å². The number of nitrogen functional groups attached to an aromatic ring is 1. The number of carbonyl (C=O) groups is 1. The highest BCUT2D eigenvalue weighted by Crippen LogP contribution is 2.20. The first-order chi connectivity index (χ1) is 8.56. The van der Waals surface area contributed by atoms with Crippen LogP contribution in [-0.4, -0.2) is 21.8 Å². The maximum atomic E-state index is 11.1. The van der Waals surface area contributed by atoms with E-state index in [2.05, 4.69) is 21.9 Å². The van der Waals surface area contributed by atoms with Crippen molar-refractivity contribution in [1.82, 2.24) is 9.97 Å². The Morgan fingerprint density at radius 2 is 2.11 bits per heavy atom. The van der Waals surface area contributed by atoms with Gasteiger partial charge in [0, 0.05) is 30.8 Å². The zero-order valence-electron chi connectivity index (χ0n) is 10.1. The number of hydrogen-bond donors (Lipinski definition) is 3. The van der Waals surface area contributed by atoms with Crippen LogP contribution in [0.2, 0.25) is 0 Å². The maximum Gasteiger partial charge on any atom is 0.224 e. The SMILES string of the molecule is C=C(N)c1cnc(NC2CCC(=O)CC2)nc1N. The van der Waals surface area contributed by atoms with Crippen LogP contribution in [0.1, 0.15) is 31.2 Å². The predicted molar refractivity (Wildman–Crippen MR) is 70.6 cm³/mol. The van der Waals surface area contributed by atoms with Crippen LogP contribution in [0.5, 0.6) is 0 Å². The normalized spacial score (nSPS) is 16.6. The van der Waals surface area contributed by atoms with Crippen LogP contribution in [0.25, 0.3) is 5.70 Å². The molecule has 0 amide bonds. The number of nitrogens with two attached hydrogens (primary N) is 2. The van der Waals surface area contributed by atoms with Crippen molar-refractivity contribution in [3.8, 4) is 0 Å². The lowest BCUT2D eigenvalue weighted by Crippen LogP contribution is -2.27. The topological polar surface area (TPSA) is 107 Å². The second kappa shape index (κ2) is 5.03. The fraction of sp³-hybridized carbons (Fsp3) is 0.417. The summed E-state index contributed by atoms with van der Waals surface area (Å²) in [7, 11) is 0. The van der Waals surface area contributed by atoms with Gasteiger partial charge >= 0.3 is 0 Å². The number of anilines is 2. The Morgan fingerprint density at radius 1 is 1.44 bits per heavy atom. The Hall–Kier alpha value is -2.11. The van der Waals surface area contributed by atoms with Crippen LogP contribution >= 0.6 is 0 Å². The predicted octanol–water partition coefficient (Wildman–Crippen LogP) is 0.912. The van der Waals surface area contributed by atoms with Crippen molar-refractivity contribution in [3.05, 3.63) is 18.3 Å². The zero-order valence-corrected chi connectivity index (χ0v) is 10.1. The van der Waals surface area contributed by atoms with E-state index in [1.54, 1.807) is 6.20 Å². The summed E-state index contributed by atoms with van der Waals surface area (Å²) in [5, 5.41) is 3.18. The number of Topliss-reactive ketones (excluding diaryl/α,β-unsaturated/α-hetero) is 1. The Balaban J connectivity index is 2.04. The van der Waals surface area contributed by atoms with Gasteiger partial charge in [-0.3, -0.25) is 4.79 Å². The van der Waals surface area contributed by atoms with Crippen LogP contribution in [0.15, 0.2) is 12.8 Å². The molecule has 0 saturated heterocycles. The van der Waals surface area contributed by atoms with Gasteiger partial charge in [-0.25, -0.2) is 4.98 Å². The third kappa shape index (κ3) is 2.77. The summed E-state index contributed by atoms with van der Waals surface area (Å²) in [5.41, 5.74) is 12.2. The summed E-state index contributed by atoms with van der Waals surface area (Å²) < 4.78 is 0. The molecule has 1 aromatic heterocycles. The van der Waals surface area contributed by atoms with Gasteiger partial charge in [0.25, 0.3) is 0 Å². The van der Waals surface area contributed by atoms with E-state index >= 15 is 0 Å². The lowest BCUT2D eigenvalue weighted by molar-refractivity contribution is -0.120. The molecule has 0 aliphatic heterocycles. The van der Waals surface area contributed by atoms with Gasteiger partial charge in [0.15, 0.2) is 0 Å². The number of aromatic nitrogens is 2. The molecule has 6 heteroatoms. The van der Waals surface area contributed by atoms with Gasteiger partial charge < -0.3 is 16.8 Å². The zero-order chi connectivity index (χ0) is 13.1. The molecule has 5 N–H and O–H groups in total. The van der Waals surface area contributed by atoms with Crippen molar-refractivity contribution in [2.75, 3.05) is 11.1 Å². The molecule has 1 fully saturated rings. The van der Waals surface area contributed by atoms with E-state index in [-0.39, 0.29) is 6.04 Å². The third-order valence-electron chi connectivity index (χ3n) is 3.04. The molecule has 6 nitrogen and oxygen atoms in total. The Morgan fingerprint density at radius 3 is 2.67 bits per heavy atom. The first kappa shape index (κ1) is 12.3. The highest BCUT2D eigenvalue weighted by Gasteiger charge is 2.19. The van der Waals surface area contributed by atoms with Crippen molar-refractivity contribution in [2.24, 2.45) is 5.73 Å². The molecule has 18 heavy (non-hydrogen) atoms. The number of hydrogen-bond acceptors (Lipinski definition) is 6. The summed E-state index contributed by atoms with van der Waals surface area (Å²) in [6, 6.07) is 0.231.